The van der Waals surface area contributed by atoms with Crippen molar-refractivity contribution in [3.8, 4) is 57.5 Å². The van der Waals surface area contributed by atoms with E-state index in [1.807, 2.05) is 0 Å². The third-order valence-corrected chi connectivity index (χ3v) is 9.95. The van der Waals surface area contributed by atoms with Gasteiger partial charge in [0.25, 0.3) is 0 Å². The van der Waals surface area contributed by atoms with Gasteiger partial charge in [-0.1, -0.05) is 48.5 Å². The second kappa shape index (κ2) is 14.2. The van der Waals surface area contributed by atoms with Gasteiger partial charge >= 0.3 is 0 Å². The van der Waals surface area contributed by atoms with Crippen LogP contribution in [-0.4, -0.2) is 64.1 Å². The first-order valence-corrected chi connectivity index (χ1v) is 17.0. The van der Waals surface area contributed by atoms with Crippen LogP contribution in [0.2, 0.25) is 0 Å². The topological polar surface area (TPSA) is 225 Å². The molecule has 2 atom stereocenters. The van der Waals surface area contributed by atoms with E-state index in [0.29, 0.717) is 22.3 Å². The van der Waals surface area contributed by atoms with Gasteiger partial charge in [0.15, 0.2) is 11.6 Å². The Labute approximate surface area is 313 Å². The average molecular weight is 743 g/mol. The summed E-state index contributed by atoms with van der Waals surface area (Å²) in [6, 6.07) is 26.3. The number of hydrogen-bond donors (Lipinski definition) is 9. The Hall–Kier alpha value is -7.34. The summed E-state index contributed by atoms with van der Waals surface area (Å²) in [5.74, 6) is -10.5. The monoisotopic (exact) mass is 742 g/mol. The zero-order chi connectivity index (χ0) is 39.1. The summed E-state index contributed by atoms with van der Waals surface area (Å²) < 4.78 is 5.89. The SMILES string of the molecule is O=C1c2c(O)cc(O)cc2OC[C@@H]1[C@@H](C(=O)c1c(O)cc(O)c(C(c2ccc(O)cc2)c2ccc(O)cc2)c1O)C(c1ccc(O)cc1)c1ccc(O)cc1. The molecule has 6 aromatic carbocycles. The molecule has 0 saturated heterocycles. The molecule has 55 heavy (non-hydrogen) atoms. The minimum absolute atomic E-state index is 0.0669. The smallest absolute Gasteiger partial charge is 0.177 e. The normalized spacial score (nSPS) is 14.4. The van der Waals surface area contributed by atoms with Gasteiger partial charge in [-0.25, -0.2) is 0 Å². The number of phenols is 9. The van der Waals surface area contributed by atoms with E-state index >= 15 is 4.79 Å². The highest BCUT2D eigenvalue weighted by atomic mass is 16.5. The van der Waals surface area contributed by atoms with Gasteiger partial charge in [-0.05, 0) is 70.8 Å². The fourth-order valence-electron chi connectivity index (χ4n) is 7.40. The molecule has 0 aromatic heterocycles. The second-order valence-electron chi connectivity index (χ2n) is 13.3. The van der Waals surface area contributed by atoms with E-state index in [4.69, 9.17) is 4.74 Å². The van der Waals surface area contributed by atoms with Crippen LogP contribution in [0.5, 0.6) is 57.5 Å². The van der Waals surface area contributed by atoms with Crippen molar-refractivity contribution in [1.29, 1.82) is 0 Å². The number of benzene rings is 6. The first kappa shape index (κ1) is 36.0. The molecule has 0 spiro atoms. The van der Waals surface area contributed by atoms with Crippen LogP contribution in [-0.2, 0) is 0 Å². The van der Waals surface area contributed by atoms with Crippen molar-refractivity contribution in [2.24, 2.45) is 11.8 Å². The number of fused-ring (bicyclic) bond motifs is 1. The number of phenolic OH excluding ortho intramolecular Hbond substituents is 9. The molecular weight excluding hydrogens is 708 g/mol. The van der Waals surface area contributed by atoms with E-state index < -0.39 is 70.4 Å². The molecule has 278 valence electrons. The molecule has 0 saturated carbocycles. The Balaban J connectivity index is 1.47. The van der Waals surface area contributed by atoms with Crippen molar-refractivity contribution in [2.45, 2.75) is 11.8 Å². The van der Waals surface area contributed by atoms with E-state index in [2.05, 4.69) is 0 Å². The average Bonchev–Trinajstić information content (AvgIpc) is 3.14. The molecule has 1 heterocycles. The first-order valence-electron chi connectivity index (χ1n) is 17.0. The highest BCUT2D eigenvalue weighted by molar-refractivity contribution is 6.10. The molecule has 9 N–H and O–H groups in total. The van der Waals surface area contributed by atoms with Crippen molar-refractivity contribution < 1.29 is 60.3 Å². The molecule has 0 fully saturated rings. The molecular formula is C43H34O12. The molecule has 0 amide bonds. The van der Waals surface area contributed by atoms with Crippen LogP contribution in [0.3, 0.4) is 0 Å². The lowest BCUT2D eigenvalue weighted by molar-refractivity contribution is 0.0637. The Morgan fingerprint density at radius 1 is 0.545 bits per heavy atom. The Morgan fingerprint density at radius 2 is 1.00 bits per heavy atom. The van der Waals surface area contributed by atoms with Crippen molar-refractivity contribution >= 4 is 11.6 Å². The maximum Gasteiger partial charge on any atom is 0.177 e. The largest absolute Gasteiger partial charge is 0.508 e. The lowest BCUT2D eigenvalue weighted by Crippen LogP contribution is -2.41. The van der Waals surface area contributed by atoms with Gasteiger partial charge in [0.05, 0.1) is 12.5 Å². The van der Waals surface area contributed by atoms with Gasteiger partial charge in [0, 0.05) is 41.5 Å². The standard InChI is InChI=1S/C43H34O12/c44-25-9-1-21(2-10-25)35(22-3-11-26(45)12-4-22)37(30-20-55-34-18-29(48)17-31(49)38(34)41(30)52)42(53)40-33(51)19-32(50)39(43(40)54)36(23-5-13-27(46)14-6-23)24-7-15-28(47)16-8-24/h1-19,30,35-37,44-51,54H,20H2/t30-,37-/m1/s1. The Morgan fingerprint density at radius 3 is 1.47 bits per heavy atom. The van der Waals surface area contributed by atoms with Crippen LogP contribution < -0.4 is 4.74 Å². The van der Waals surface area contributed by atoms with Crippen LogP contribution in [0.1, 0.15) is 60.4 Å². The number of carbonyl (C=O) groups excluding carboxylic acids is 2. The van der Waals surface area contributed by atoms with Crippen LogP contribution in [0, 0.1) is 11.8 Å². The maximum atomic E-state index is 15.4. The summed E-state index contributed by atoms with van der Waals surface area (Å²) in [6.45, 7) is -0.450. The summed E-state index contributed by atoms with van der Waals surface area (Å²) in [6.07, 6.45) is 0. The molecule has 0 aliphatic carbocycles. The quantitative estimate of drug-likeness (QED) is 0.0555. The number of rotatable bonds is 9. The summed E-state index contributed by atoms with van der Waals surface area (Å²) in [4.78, 5) is 29.8. The number of carbonyl (C=O) groups is 2. The van der Waals surface area contributed by atoms with E-state index in [9.17, 15) is 50.8 Å². The Kier molecular flexibility index (Phi) is 9.33. The highest BCUT2D eigenvalue weighted by Crippen LogP contribution is 2.51. The third kappa shape index (κ3) is 6.72. The summed E-state index contributed by atoms with van der Waals surface area (Å²) in [5.41, 5.74) is 0.502. The van der Waals surface area contributed by atoms with Crippen LogP contribution in [0.15, 0.2) is 115 Å². The number of ketones is 2. The summed E-state index contributed by atoms with van der Waals surface area (Å²) in [5, 5.41) is 96.4. The third-order valence-electron chi connectivity index (χ3n) is 9.95. The van der Waals surface area contributed by atoms with Gasteiger partial charge in [-0.15, -0.1) is 0 Å². The highest BCUT2D eigenvalue weighted by Gasteiger charge is 2.47. The molecule has 0 unspecified atom stereocenters. The van der Waals surface area contributed by atoms with Gasteiger partial charge < -0.3 is 50.7 Å². The second-order valence-corrected chi connectivity index (χ2v) is 13.3. The lowest BCUT2D eigenvalue weighted by Gasteiger charge is -2.36. The lowest BCUT2D eigenvalue weighted by atomic mass is 9.68. The number of ether oxygens (including phenoxy) is 1. The van der Waals surface area contributed by atoms with Gasteiger partial charge in [-0.3, -0.25) is 9.59 Å². The van der Waals surface area contributed by atoms with E-state index in [1.165, 1.54) is 97.1 Å². The molecule has 1 aliphatic rings. The molecule has 7 rings (SSSR count). The van der Waals surface area contributed by atoms with Gasteiger partial charge in [-0.2, -0.15) is 0 Å². The van der Waals surface area contributed by atoms with Crippen molar-refractivity contribution in [1.82, 2.24) is 0 Å². The van der Waals surface area contributed by atoms with E-state index in [0.717, 1.165) is 18.2 Å². The molecule has 1 aliphatic heterocycles. The predicted molar refractivity (Wildman–Crippen MR) is 198 cm³/mol. The summed E-state index contributed by atoms with van der Waals surface area (Å²) in [7, 11) is 0. The number of Topliss-reactive ketones (excluding diaryl/α,β-unsaturated/α-hetero) is 2. The number of hydrogen-bond acceptors (Lipinski definition) is 12. The zero-order valence-electron chi connectivity index (χ0n) is 28.7. The number of aromatic hydroxyl groups is 9. The molecule has 6 aromatic rings. The van der Waals surface area contributed by atoms with E-state index in [1.54, 1.807) is 0 Å². The van der Waals surface area contributed by atoms with Crippen molar-refractivity contribution in [2.75, 3.05) is 6.61 Å². The molecule has 0 radical (unpaired) electrons. The van der Waals surface area contributed by atoms with Crippen molar-refractivity contribution in [3.05, 3.63) is 154 Å². The molecule has 0 bridgehead atoms. The maximum absolute atomic E-state index is 15.4. The Bertz CT molecular complexity index is 2310. The minimum atomic E-state index is -1.54. The fraction of sp³-hybridized carbons (Fsp3) is 0.116. The van der Waals surface area contributed by atoms with Gasteiger partial charge in [0.1, 0.15) is 68.6 Å². The van der Waals surface area contributed by atoms with Crippen LogP contribution in [0.25, 0.3) is 0 Å². The van der Waals surface area contributed by atoms with Crippen LogP contribution >= 0.6 is 0 Å². The fourth-order valence-corrected chi connectivity index (χ4v) is 7.40. The predicted octanol–water partition coefficient (Wildman–Crippen LogP) is 6.74. The summed E-state index contributed by atoms with van der Waals surface area (Å²) >= 11 is 0. The van der Waals surface area contributed by atoms with E-state index in [-0.39, 0.29) is 45.6 Å². The minimum Gasteiger partial charge on any atom is -0.508 e. The van der Waals surface area contributed by atoms with Crippen molar-refractivity contribution in [3.63, 3.8) is 0 Å². The van der Waals surface area contributed by atoms with Crippen LogP contribution in [0.4, 0.5) is 0 Å². The first-order chi connectivity index (χ1) is 26.3. The zero-order valence-corrected chi connectivity index (χ0v) is 28.7. The molecule has 12 heteroatoms. The molecule has 12 nitrogen and oxygen atoms in total. The van der Waals surface area contributed by atoms with Gasteiger partial charge in [0.2, 0.25) is 0 Å².